The molecule has 0 radical (unpaired) electrons. The summed E-state index contributed by atoms with van der Waals surface area (Å²) in [4.78, 5) is 24.4. The third kappa shape index (κ3) is 8.22. The van der Waals surface area contributed by atoms with Gasteiger partial charge in [-0.05, 0) is 42.7 Å². The summed E-state index contributed by atoms with van der Waals surface area (Å²) in [5.41, 5.74) is 6.82. The van der Waals surface area contributed by atoms with E-state index in [0.29, 0.717) is 12.8 Å². The quantitative estimate of drug-likeness (QED) is 0.441. The monoisotopic (exact) mass is 434 g/mol. The van der Waals surface area contributed by atoms with Crippen LogP contribution in [0.2, 0.25) is 0 Å². The molecule has 3 atom stereocenters. The van der Waals surface area contributed by atoms with Crippen LogP contribution in [0.25, 0.3) is 0 Å². The number of carboxylic acids is 1. The van der Waals surface area contributed by atoms with Crippen molar-refractivity contribution < 1.29 is 19.8 Å². The molecule has 5 N–H and O–H groups in total. The minimum atomic E-state index is -1.46. The number of hydrogen-bond acceptors (Lipinski definition) is 5. The van der Waals surface area contributed by atoms with Crippen molar-refractivity contribution in [2.45, 2.75) is 49.8 Å². The number of nitrogens with one attached hydrogen (secondary N) is 1. The molecular weight excluding hydrogens is 408 g/mol. The number of aliphatic hydroxyl groups excluding tert-OH is 1. The van der Waals surface area contributed by atoms with Crippen LogP contribution >= 0.6 is 28.7 Å². The summed E-state index contributed by atoms with van der Waals surface area (Å²) >= 11 is 1.62. The molecule has 1 aromatic rings. The predicted molar refractivity (Wildman–Crippen MR) is 105 cm³/mol. The lowest BCUT2D eigenvalue weighted by atomic mass is 10.00. The summed E-state index contributed by atoms with van der Waals surface area (Å²) in [7, 11) is 0. The SMILES string of the molecule is Br.CSc1ccc(C[C@@H](N)[C@H](O)C(=O)N[C@@H](CC(C)C)C(=O)O)cc1. The average molecular weight is 435 g/mol. The van der Waals surface area contributed by atoms with Crippen molar-refractivity contribution in [3.8, 4) is 0 Å². The molecule has 0 saturated carbocycles. The second-order valence-electron chi connectivity index (χ2n) is 6.19. The van der Waals surface area contributed by atoms with Gasteiger partial charge in [-0.1, -0.05) is 26.0 Å². The van der Waals surface area contributed by atoms with Crippen molar-refractivity contribution in [3.05, 3.63) is 29.8 Å². The average Bonchev–Trinajstić information content (AvgIpc) is 2.53. The summed E-state index contributed by atoms with van der Waals surface area (Å²) in [6.45, 7) is 3.73. The van der Waals surface area contributed by atoms with Gasteiger partial charge in [-0.25, -0.2) is 4.79 Å². The van der Waals surface area contributed by atoms with Crippen molar-refractivity contribution in [1.82, 2.24) is 5.32 Å². The maximum Gasteiger partial charge on any atom is 0.326 e. The van der Waals surface area contributed by atoms with E-state index in [1.807, 2.05) is 44.4 Å². The Morgan fingerprint density at radius 1 is 1.24 bits per heavy atom. The maximum absolute atomic E-state index is 12.1. The topological polar surface area (TPSA) is 113 Å². The highest BCUT2D eigenvalue weighted by Crippen LogP contribution is 2.16. The fraction of sp³-hybridized carbons (Fsp3) is 0.529. The van der Waals surface area contributed by atoms with Gasteiger partial charge >= 0.3 is 5.97 Å². The number of rotatable bonds is 9. The lowest BCUT2D eigenvalue weighted by molar-refractivity contribution is -0.144. The van der Waals surface area contributed by atoms with Gasteiger partial charge in [0.1, 0.15) is 12.1 Å². The van der Waals surface area contributed by atoms with E-state index in [4.69, 9.17) is 10.8 Å². The summed E-state index contributed by atoms with van der Waals surface area (Å²) in [5, 5.41) is 21.6. The van der Waals surface area contributed by atoms with Gasteiger partial charge in [-0.15, -0.1) is 28.7 Å². The number of carbonyl (C=O) groups is 2. The molecule has 0 spiro atoms. The molecule has 0 aliphatic carbocycles. The third-order valence-corrected chi connectivity index (χ3v) is 4.37. The first kappa shape index (κ1) is 23.9. The van der Waals surface area contributed by atoms with Gasteiger partial charge in [-0.3, -0.25) is 4.79 Å². The van der Waals surface area contributed by atoms with Gasteiger partial charge in [0.2, 0.25) is 0 Å². The molecule has 0 fully saturated rings. The van der Waals surface area contributed by atoms with E-state index in [2.05, 4.69) is 5.32 Å². The van der Waals surface area contributed by atoms with Crippen molar-refractivity contribution in [2.24, 2.45) is 11.7 Å². The molecule has 1 amide bonds. The molecule has 0 bridgehead atoms. The first-order valence-corrected chi connectivity index (χ1v) is 9.06. The Morgan fingerprint density at radius 2 is 1.80 bits per heavy atom. The van der Waals surface area contributed by atoms with Crippen LogP contribution in [0.5, 0.6) is 0 Å². The zero-order valence-electron chi connectivity index (χ0n) is 14.6. The van der Waals surface area contributed by atoms with Crippen LogP contribution in [-0.4, -0.2) is 46.5 Å². The molecule has 1 rings (SSSR count). The Labute approximate surface area is 163 Å². The van der Waals surface area contributed by atoms with E-state index < -0.39 is 30.1 Å². The Bertz CT molecular complexity index is 554. The number of thioether (sulfide) groups is 1. The summed E-state index contributed by atoms with van der Waals surface area (Å²) in [6.07, 6.45) is 1.13. The maximum atomic E-state index is 12.1. The highest BCUT2D eigenvalue weighted by molar-refractivity contribution is 8.93. The van der Waals surface area contributed by atoms with Crippen LogP contribution in [0, 0.1) is 5.92 Å². The lowest BCUT2D eigenvalue weighted by Gasteiger charge is -2.22. The van der Waals surface area contributed by atoms with Crippen molar-refractivity contribution in [2.75, 3.05) is 6.26 Å². The number of aliphatic carboxylic acids is 1. The standard InChI is InChI=1S/C17H26N2O4S.BrH/c1-10(2)8-14(17(22)23)19-16(21)15(20)13(18)9-11-4-6-12(24-3)7-5-11;/h4-7,10,13-15,20H,8-9,18H2,1-3H3,(H,19,21)(H,22,23);1H/t13-,14+,15+;/m1./s1. The number of nitrogens with two attached hydrogens (primary N) is 1. The van der Waals surface area contributed by atoms with Crippen LogP contribution in [0.1, 0.15) is 25.8 Å². The number of hydrogen-bond donors (Lipinski definition) is 4. The smallest absolute Gasteiger partial charge is 0.326 e. The normalized spacial score (nSPS) is 14.3. The van der Waals surface area contributed by atoms with Gasteiger partial charge in [-0.2, -0.15) is 0 Å². The molecular formula is C17H27BrN2O4S. The third-order valence-electron chi connectivity index (χ3n) is 3.63. The first-order valence-electron chi connectivity index (χ1n) is 7.84. The Balaban J connectivity index is 0.00000576. The van der Waals surface area contributed by atoms with Gasteiger partial charge < -0.3 is 21.3 Å². The van der Waals surface area contributed by atoms with Crippen LogP contribution in [0.4, 0.5) is 0 Å². The van der Waals surface area contributed by atoms with Crippen molar-refractivity contribution in [1.29, 1.82) is 0 Å². The summed E-state index contributed by atoms with van der Waals surface area (Å²) < 4.78 is 0. The minimum absolute atomic E-state index is 0. The van der Waals surface area contributed by atoms with Crippen LogP contribution in [0.3, 0.4) is 0 Å². The number of carbonyl (C=O) groups excluding carboxylic acids is 1. The molecule has 142 valence electrons. The van der Waals surface area contributed by atoms with Crippen molar-refractivity contribution in [3.63, 3.8) is 0 Å². The number of amides is 1. The molecule has 0 aliphatic heterocycles. The van der Waals surface area contributed by atoms with Crippen LogP contribution < -0.4 is 11.1 Å². The Morgan fingerprint density at radius 3 is 2.24 bits per heavy atom. The number of halogens is 1. The summed E-state index contributed by atoms with van der Waals surface area (Å²) in [5.74, 6) is -1.77. The summed E-state index contributed by atoms with van der Waals surface area (Å²) in [6, 6.07) is 5.85. The van der Waals surface area contributed by atoms with E-state index >= 15 is 0 Å². The van der Waals surface area contributed by atoms with E-state index in [1.165, 1.54) is 0 Å². The van der Waals surface area contributed by atoms with Crippen molar-refractivity contribution >= 4 is 40.6 Å². The number of benzene rings is 1. The fourth-order valence-electron chi connectivity index (χ4n) is 2.29. The second kappa shape index (κ2) is 11.5. The zero-order valence-corrected chi connectivity index (χ0v) is 17.2. The molecule has 0 unspecified atom stereocenters. The lowest BCUT2D eigenvalue weighted by Crippen LogP contribution is -2.52. The van der Waals surface area contributed by atoms with E-state index in [1.54, 1.807) is 11.8 Å². The molecule has 6 nitrogen and oxygen atoms in total. The Kier molecular flexibility index (Phi) is 11.0. The minimum Gasteiger partial charge on any atom is -0.480 e. The zero-order chi connectivity index (χ0) is 18.3. The second-order valence-corrected chi connectivity index (χ2v) is 7.07. The van der Waals surface area contributed by atoms with E-state index in [0.717, 1.165) is 10.5 Å². The van der Waals surface area contributed by atoms with E-state index in [-0.39, 0.29) is 22.9 Å². The molecule has 0 heterocycles. The van der Waals surface area contributed by atoms with Crippen LogP contribution in [-0.2, 0) is 16.0 Å². The molecule has 0 aromatic heterocycles. The number of aliphatic hydroxyl groups is 1. The molecule has 0 saturated heterocycles. The highest BCUT2D eigenvalue weighted by Gasteiger charge is 2.28. The van der Waals surface area contributed by atoms with Crippen LogP contribution in [0.15, 0.2) is 29.2 Å². The van der Waals surface area contributed by atoms with E-state index in [9.17, 15) is 14.7 Å². The van der Waals surface area contributed by atoms with Gasteiger partial charge in [0.15, 0.2) is 0 Å². The Hall–Kier alpha value is -1.09. The molecule has 0 aliphatic rings. The molecule has 8 heteroatoms. The van der Waals surface area contributed by atoms with Gasteiger partial charge in [0, 0.05) is 10.9 Å². The highest BCUT2D eigenvalue weighted by atomic mass is 79.9. The first-order chi connectivity index (χ1) is 11.2. The molecule has 1 aromatic carbocycles. The fourth-order valence-corrected chi connectivity index (χ4v) is 2.70. The predicted octanol–water partition coefficient (Wildman–Crippen LogP) is 1.83. The van der Waals surface area contributed by atoms with Gasteiger partial charge in [0.05, 0.1) is 0 Å². The largest absolute Gasteiger partial charge is 0.480 e. The molecule has 25 heavy (non-hydrogen) atoms. The van der Waals surface area contributed by atoms with Gasteiger partial charge in [0.25, 0.3) is 5.91 Å². The number of carboxylic acid groups (broad SMARTS) is 1.